The number of carbonyl (C=O) groups excluding carboxylic acids is 1. The molecule has 0 unspecified atom stereocenters. The van der Waals surface area contributed by atoms with Crippen molar-refractivity contribution in [3.05, 3.63) is 36.0 Å². The minimum atomic E-state index is -0.584. The van der Waals surface area contributed by atoms with Gasteiger partial charge in [-0.25, -0.2) is 4.98 Å². The predicted octanol–water partition coefficient (Wildman–Crippen LogP) is -0.0468. The molecule has 88 valence electrons. The van der Waals surface area contributed by atoms with Gasteiger partial charge in [-0.05, 0) is 12.1 Å². The van der Waals surface area contributed by atoms with Crippen LogP contribution in [0.1, 0.15) is 16.3 Å². The van der Waals surface area contributed by atoms with E-state index in [1.807, 2.05) is 0 Å². The molecule has 0 spiro atoms. The number of anilines is 1. The SMILES string of the molecule is NC(=O)c1ccc(NCCc2ncc[nH]2)nn1. The fourth-order valence-electron chi connectivity index (χ4n) is 1.30. The number of primary amides is 1. The highest BCUT2D eigenvalue weighted by Crippen LogP contribution is 2.01. The van der Waals surface area contributed by atoms with Gasteiger partial charge < -0.3 is 16.0 Å². The van der Waals surface area contributed by atoms with Crippen LogP contribution in [0.5, 0.6) is 0 Å². The lowest BCUT2D eigenvalue weighted by Gasteiger charge is -2.03. The molecule has 0 bridgehead atoms. The van der Waals surface area contributed by atoms with Crippen LogP contribution in [-0.4, -0.2) is 32.6 Å². The summed E-state index contributed by atoms with van der Waals surface area (Å²) < 4.78 is 0. The monoisotopic (exact) mass is 232 g/mol. The van der Waals surface area contributed by atoms with Gasteiger partial charge in [-0.2, -0.15) is 0 Å². The Morgan fingerprint density at radius 3 is 2.88 bits per heavy atom. The first kappa shape index (κ1) is 11.1. The highest BCUT2D eigenvalue weighted by atomic mass is 16.1. The van der Waals surface area contributed by atoms with Crippen LogP contribution < -0.4 is 11.1 Å². The number of aromatic amines is 1. The predicted molar refractivity (Wildman–Crippen MR) is 61.3 cm³/mol. The Labute approximate surface area is 97.5 Å². The summed E-state index contributed by atoms with van der Waals surface area (Å²) in [6, 6.07) is 3.19. The highest BCUT2D eigenvalue weighted by molar-refractivity contribution is 5.90. The Bertz CT molecular complexity index is 478. The number of nitrogens with zero attached hydrogens (tertiary/aromatic N) is 3. The largest absolute Gasteiger partial charge is 0.368 e. The molecule has 0 aliphatic rings. The smallest absolute Gasteiger partial charge is 0.269 e. The average molecular weight is 232 g/mol. The standard InChI is InChI=1S/C10H12N6O/c11-10(17)7-1-2-9(16-15-7)12-4-3-8-13-5-6-14-8/h1-2,5-6H,3-4H2,(H2,11,17)(H,12,16)(H,13,14). The normalized spacial score (nSPS) is 10.1. The van der Waals surface area contributed by atoms with Gasteiger partial charge in [-0.15, -0.1) is 10.2 Å². The maximum Gasteiger partial charge on any atom is 0.269 e. The lowest BCUT2D eigenvalue weighted by molar-refractivity contribution is 0.0994. The second kappa shape index (κ2) is 5.06. The molecule has 7 heteroatoms. The summed E-state index contributed by atoms with van der Waals surface area (Å²) in [7, 11) is 0. The van der Waals surface area contributed by atoms with Crippen LogP contribution in [0.15, 0.2) is 24.5 Å². The number of amides is 1. The van der Waals surface area contributed by atoms with E-state index in [-0.39, 0.29) is 5.69 Å². The second-order valence-electron chi connectivity index (χ2n) is 3.38. The van der Waals surface area contributed by atoms with Crippen molar-refractivity contribution in [3.63, 3.8) is 0 Å². The number of rotatable bonds is 5. The zero-order valence-electron chi connectivity index (χ0n) is 9.05. The number of aromatic nitrogens is 4. The first-order valence-electron chi connectivity index (χ1n) is 5.11. The van der Waals surface area contributed by atoms with E-state index in [1.165, 1.54) is 6.07 Å². The van der Waals surface area contributed by atoms with E-state index < -0.39 is 5.91 Å². The molecule has 0 saturated heterocycles. The van der Waals surface area contributed by atoms with E-state index in [0.29, 0.717) is 12.4 Å². The summed E-state index contributed by atoms with van der Waals surface area (Å²) >= 11 is 0. The molecule has 7 nitrogen and oxygen atoms in total. The number of hydrogen-bond donors (Lipinski definition) is 3. The molecule has 0 aliphatic carbocycles. The molecule has 0 aromatic carbocycles. The molecule has 0 atom stereocenters. The molecule has 0 radical (unpaired) electrons. The minimum Gasteiger partial charge on any atom is -0.368 e. The molecule has 0 aliphatic heterocycles. The molecular formula is C10H12N6O. The minimum absolute atomic E-state index is 0.154. The van der Waals surface area contributed by atoms with Crippen LogP contribution >= 0.6 is 0 Å². The van der Waals surface area contributed by atoms with Gasteiger partial charge >= 0.3 is 0 Å². The zero-order chi connectivity index (χ0) is 12.1. The molecule has 4 N–H and O–H groups in total. The van der Waals surface area contributed by atoms with Crippen LogP contribution in [0, 0.1) is 0 Å². The second-order valence-corrected chi connectivity index (χ2v) is 3.38. The molecule has 17 heavy (non-hydrogen) atoms. The van der Waals surface area contributed by atoms with Gasteiger partial charge in [0.2, 0.25) is 0 Å². The van der Waals surface area contributed by atoms with Gasteiger partial charge in [0, 0.05) is 25.4 Å². The lowest BCUT2D eigenvalue weighted by Crippen LogP contribution is -2.14. The van der Waals surface area contributed by atoms with Crippen LogP contribution in [0.4, 0.5) is 5.82 Å². The van der Waals surface area contributed by atoms with Gasteiger partial charge in [0.25, 0.3) is 5.91 Å². The fraction of sp³-hybridized carbons (Fsp3) is 0.200. The van der Waals surface area contributed by atoms with Crippen molar-refractivity contribution >= 4 is 11.7 Å². The van der Waals surface area contributed by atoms with Gasteiger partial charge in [-0.1, -0.05) is 0 Å². The number of hydrogen-bond acceptors (Lipinski definition) is 5. The quantitative estimate of drug-likeness (QED) is 0.669. The maximum absolute atomic E-state index is 10.8. The van der Waals surface area contributed by atoms with Crippen LogP contribution in [0.3, 0.4) is 0 Å². The van der Waals surface area contributed by atoms with Crippen LogP contribution in [-0.2, 0) is 6.42 Å². The molecule has 2 aromatic heterocycles. The van der Waals surface area contributed by atoms with Gasteiger partial charge in [-0.3, -0.25) is 4.79 Å². The summed E-state index contributed by atoms with van der Waals surface area (Å²) in [5.41, 5.74) is 5.21. The van der Waals surface area contributed by atoms with Gasteiger partial charge in [0.15, 0.2) is 5.69 Å². The van der Waals surface area contributed by atoms with Gasteiger partial charge in [0.1, 0.15) is 11.6 Å². The first-order chi connectivity index (χ1) is 8.25. The van der Waals surface area contributed by atoms with Crippen molar-refractivity contribution < 1.29 is 4.79 Å². The third-order valence-corrected chi connectivity index (χ3v) is 2.14. The first-order valence-corrected chi connectivity index (χ1v) is 5.11. The number of imidazole rings is 1. The van der Waals surface area contributed by atoms with E-state index in [9.17, 15) is 4.79 Å². The van der Waals surface area contributed by atoms with Crippen molar-refractivity contribution in [1.29, 1.82) is 0 Å². The molecule has 2 rings (SSSR count). The Hall–Kier alpha value is -2.44. The van der Waals surface area contributed by atoms with E-state index in [4.69, 9.17) is 5.73 Å². The Morgan fingerprint density at radius 2 is 2.29 bits per heavy atom. The summed E-state index contributed by atoms with van der Waals surface area (Å²) in [6.45, 7) is 0.679. The Morgan fingerprint density at radius 1 is 1.41 bits per heavy atom. The van der Waals surface area contributed by atoms with Crippen LogP contribution in [0.2, 0.25) is 0 Å². The van der Waals surface area contributed by atoms with Crippen molar-refractivity contribution in [3.8, 4) is 0 Å². The Balaban J connectivity index is 1.85. The highest BCUT2D eigenvalue weighted by Gasteiger charge is 2.02. The average Bonchev–Trinajstić information content (AvgIpc) is 2.83. The van der Waals surface area contributed by atoms with E-state index in [0.717, 1.165) is 12.2 Å². The summed E-state index contributed by atoms with van der Waals surface area (Å²) in [5.74, 6) is 0.917. The molecular weight excluding hydrogens is 220 g/mol. The van der Waals surface area contributed by atoms with Crippen molar-refractivity contribution in [2.75, 3.05) is 11.9 Å². The number of nitrogens with two attached hydrogens (primary N) is 1. The lowest BCUT2D eigenvalue weighted by atomic mass is 10.3. The van der Waals surface area contributed by atoms with Crippen molar-refractivity contribution in [2.24, 2.45) is 5.73 Å². The molecule has 0 fully saturated rings. The zero-order valence-corrected chi connectivity index (χ0v) is 9.05. The number of nitrogens with one attached hydrogen (secondary N) is 2. The molecule has 1 amide bonds. The Kier molecular flexibility index (Phi) is 3.29. The third kappa shape index (κ3) is 3.00. The van der Waals surface area contributed by atoms with Crippen molar-refractivity contribution in [1.82, 2.24) is 20.2 Å². The van der Waals surface area contributed by atoms with E-state index in [1.54, 1.807) is 18.5 Å². The molecule has 0 saturated carbocycles. The third-order valence-electron chi connectivity index (χ3n) is 2.14. The van der Waals surface area contributed by atoms with Gasteiger partial charge in [0.05, 0.1) is 0 Å². The number of carbonyl (C=O) groups is 1. The van der Waals surface area contributed by atoms with E-state index >= 15 is 0 Å². The molecule has 2 heterocycles. The summed E-state index contributed by atoms with van der Waals surface area (Å²) in [4.78, 5) is 17.9. The van der Waals surface area contributed by atoms with Crippen molar-refractivity contribution in [2.45, 2.75) is 6.42 Å². The topological polar surface area (TPSA) is 110 Å². The van der Waals surface area contributed by atoms with E-state index in [2.05, 4.69) is 25.5 Å². The maximum atomic E-state index is 10.8. The van der Waals surface area contributed by atoms with Crippen LogP contribution in [0.25, 0.3) is 0 Å². The molecule has 2 aromatic rings. The summed E-state index contributed by atoms with van der Waals surface area (Å²) in [5, 5.41) is 10.6. The summed E-state index contributed by atoms with van der Waals surface area (Å²) in [6.07, 6.45) is 4.24. The number of H-pyrrole nitrogens is 1. The fourth-order valence-corrected chi connectivity index (χ4v) is 1.30.